The zero-order chi connectivity index (χ0) is 12.5. The third kappa shape index (κ3) is 3.03. The van der Waals surface area contributed by atoms with Gasteiger partial charge in [0, 0.05) is 11.4 Å². The number of anilines is 1. The number of aliphatic imine (C=N–C) groups is 1. The molecule has 1 unspecified atom stereocenters. The van der Waals surface area contributed by atoms with E-state index in [4.69, 9.17) is 0 Å². The van der Waals surface area contributed by atoms with E-state index in [1.54, 1.807) is 11.8 Å². The lowest BCUT2D eigenvalue weighted by Crippen LogP contribution is -2.16. The summed E-state index contributed by atoms with van der Waals surface area (Å²) in [6.45, 7) is 8.86. The van der Waals surface area contributed by atoms with Gasteiger partial charge >= 0.3 is 0 Å². The first-order chi connectivity index (χ1) is 7.97. The fourth-order valence-electron chi connectivity index (χ4n) is 1.90. The van der Waals surface area contributed by atoms with E-state index in [0.717, 1.165) is 10.9 Å². The van der Waals surface area contributed by atoms with Crippen LogP contribution in [0.1, 0.15) is 33.3 Å². The van der Waals surface area contributed by atoms with Crippen LogP contribution in [0.3, 0.4) is 0 Å². The number of para-hydroxylation sites is 1. The monoisotopic (exact) mass is 248 g/mol. The molecule has 0 aliphatic carbocycles. The molecule has 0 aromatic heterocycles. The van der Waals surface area contributed by atoms with Gasteiger partial charge < -0.3 is 5.32 Å². The summed E-state index contributed by atoms with van der Waals surface area (Å²) in [6.07, 6.45) is 0. The Kier molecular flexibility index (Phi) is 3.48. The Hall–Kier alpha value is -0.960. The van der Waals surface area contributed by atoms with Crippen molar-refractivity contribution in [3.8, 4) is 0 Å². The quantitative estimate of drug-likeness (QED) is 0.815. The second kappa shape index (κ2) is 4.73. The molecule has 0 amide bonds. The molecule has 0 saturated heterocycles. The van der Waals surface area contributed by atoms with Crippen LogP contribution in [0.2, 0.25) is 0 Å². The van der Waals surface area contributed by atoms with E-state index in [1.165, 1.54) is 11.3 Å². The average Bonchev–Trinajstić information content (AvgIpc) is 2.63. The fraction of sp³-hybridized carbons (Fsp3) is 0.500. The van der Waals surface area contributed by atoms with Gasteiger partial charge in [0.05, 0.1) is 6.04 Å². The Morgan fingerprint density at radius 1 is 1.29 bits per heavy atom. The molecule has 1 aromatic carbocycles. The van der Waals surface area contributed by atoms with E-state index in [1.807, 2.05) is 0 Å². The highest BCUT2D eigenvalue weighted by molar-refractivity contribution is 8.14. The summed E-state index contributed by atoms with van der Waals surface area (Å²) >= 11 is 1.80. The van der Waals surface area contributed by atoms with Gasteiger partial charge in [0.15, 0.2) is 5.17 Å². The van der Waals surface area contributed by atoms with Crippen molar-refractivity contribution in [2.24, 2.45) is 4.99 Å². The van der Waals surface area contributed by atoms with Gasteiger partial charge in [0.25, 0.3) is 0 Å². The van der Waals surface area contributed by atoms with Gasteiger partial charge in [0.2, 0.25) is 0 Å². The van der Waals surface area contributed by atoms with Crippen molar-refractivity contribution in [1.29, 1.82) is 0 Å². The molecule has 1 aromatic rings. The number of thioether (sulfide) groups is 1. The molecular weight excluding hydrogens is 228 g/mol. The van der Waals surface area contributed by atoms with Crippen LogP contribution in [0, 0.1) is 0 Å². The fourth-order valence-corrected chi connectivity index (χ4v) is 2.81. The Labute approximate surface area is 108 Å². The van der Waals surface area contributed by atoms with E-state index in [2.05, 4.69) is 62.3 Å². The van der Waals surface area contributed by atoms with Crippen molar-refractivity contribution in [1.82, 2.24) is 0 Å². The first-order valence-electron chi connectivity index (χ1n) is 6.04. The number of hydrogen-bond acceptors (Lipinski definition) is 3. The second-order valence-corrected chi connectivity index (χ2v) is 6.52. The van der Waals surface area contributed by atoms with Gasteiger partial charge in [0.1, 0.15) is 0 Å². The zero-order valence-corrected chi connectivity index (χ0v) is 11.8. The lowest BCUT2D eigenvalue weighted by atomic mass is 9.86. The molecule has 1 aliphatic heterocycles. The lowest BCUT2D eigenvalue weighted by Gasteiger charge is -2.23. The Morgan fingerprint density at radius 3 is 2.59 bits per heavy atom. The molecule has 2 rings (SSSR count). The van der Waals surface area contributed by atoms with Crippen LogP contribution >= 0.6 is 11.8 Å². The van der Waals surface area contributed by atoms with E-state index in [9.17, 15) is 0 Å². The van der Waals surface area contributed by atoms with E-state index < -0.39 is 0 Å². The molecule has 2 nitrogen and oxygen atoms in total. The van der Waals surface area contributed by atoms with Crippen LogP contribution in [0.4, 0.5) is 5.69 Å². The van der Waals surface area contributed by atoms with Crippen molar-refractivity contribution in [2.45, 2.75) is 39.2 Å². The number of nitrogens with one attached hydrogen (secondary N) is 1. The maximum Gasteiger partial charge on any atom is 0.161 e. The van der Waals surface area contributed by atoms with Crippen molar-refractivity contribution in [2.75, 3.05) is 11.1 Å². The highest BCUT2D eigenvalue weighted by Gasteiger charge is 2.20. The summed E-state index contributed by atoms with van der Waals surface area (Å²) in [5.74, 6) is 1.08. The Morgan fingerprint density at radius 2 is 2.00 bits per heavy atom. The van der Waals surface area contributed by atoms with E-state index in [-0.39, 0.29) is 5.41 Å². The maximum absolute atomic E-state index is 4.58. The largest absolute Gasteiger partial charge is 0.335 e. The number of amidine groups is 1. The lowest BCUT2D eigenvalue weighted by molar-refractivity contribution is 0.592. The molecule has 0 saturated carbocycles. The van der Waals surface area contributed by atoms with Crippen LogP contribution in [-0.2, 0) is 5.41 Å². The van der Waals surface area contributed by atoms with Gasteiger partial charge in [-0.2, -0.15) is 0 Å². The van der Waals surface area contributed by atoms with Crippen LogP contribution in [0.15, 0.2) is 29.3 Å². The molecule has 0 fully saturated rings. The number of nitrogens with zero attached hydrogens (tertiary/aromatic N) is 1. The van der Waals surface area contributed by atoms with Crippen molar-refractivity contribution in [3.05, 3.63) is 29.8 Å². The molecule has 92 valence electrons. The molecule has 1 N–H and O–H groups in total. The van der Waals surface area contributed by atoms with Crippen LogP contribution in [-0.4, -0.2) is 17.0 Å². The smallest absolute Gasteiger partial charge is 0.161 e. The van der Waals surface area contributed by atoms with E-state index in [0.29, 0.717) is 6.04 Å². The molecule has 1 aliphatic rings. The third-order valence-electron chi connectivity index (χ3n) is 2.78. The zero-order valence-electron chi connectivity index (χ0n) is 10.9. The first-order valence-corrected chi connectivity index (χ1v) is 7.02. The standard InChI is InChI=1S/C14H20N2S/c1-10-9-17-13(15-10)16-12-8-6-5-7-11(12)14(2,3)4/h5-8,10H,9H2,1-4H3,(H,15,16). The molecule has 0 radical (unpaired) electrons. The van der Waals surface area contributed by atoms with Crippen molar-refractivity contribution in [3.63, 3.8) is 0 Å². The van der Waals surface area contributed by atoms with Gasteiger partial charge in [-0.3, -0.25) is 4.99 Å². The molecule has 0 spiro atoms. The minimum atomic E-state index is 0.152. The van der Waals surface area contributed by atoms with Gasteiger partial charge in [-0.05, 0) is 24.0 Å². The predicted molar refractivity (Wildman–Crippen MR) is 78.1 cm³/mol. The third-order valence-corrected chi connectivity index (χ3v) is 3.91. The van der Waals surface area contributed by atoms with Crippen LogP contribution < -0.4 is 5.32 Å². The maximum atomic E-state index is 4.58. The Bertz CT molecular complexity index is 432. The molecule has 0 bridgehead atoms. The summed E-state index contributed by atoms with van der Waals surface area (Å²) < 4.78 is 0. The molecular formula is C14H20N2S. The average molecular weight is 248 g/mol. The molecule has 17 heavy (non-hydrogen) atoms. The molecule has 1 heterocycles. The van der Waals surface area contributed by atoms with Gasteiger partial charge in [-0.1, -0.05) is 50.7 Å². The minimum Gasteiger partial charge on any atom is -0.335 e. The highest BCUT2D eigenvalue weighted by Crippen LogP contribution is 2.30. The number of hydrogen-bond donors (Lipinski definition) is 1. The predicted octanol–water partition coefficient (Wildman–Crippen LogP) is 3.89. The SMILES string of the molecule is CC1CSC(Nc2ccccc2C(C)(C)C)=N1. The van der Waals surface area contributed by atoms with E-state index >= 15 is 0 Å². The normalized spacial score (nSPS) is 20.2. The molecule has 1 atom stereocenters. The van der Waals surface area contributed by atoms with Gasteiger partial charge in [-0.15, -0.1) is 0 Å². The summed E-state index contributed by atoms with van der Waals surface area (Å²) in [5, 5.41) is 4.51. The number of benzene rings is 1. The van der Waals surface area contributed by atoms with Crippen LogP contribution in [0.25, 0.3) is 0 Å². The highest BCUT2D eigenvalue weighted by atomic mass is 32.2. The first kappa shape index (κ1) is 12.5. The van der Waals surface area contributed by atoms with Crippen molar-refractivity contribution < 1.29 is 0 Å². The second-order valence-electron chi connectivity index (χ2n) is 5.51. The number of rotatable bonds is 1. The summed E-state index contributed by atoms with van der Waals surface area (Å²) in [6, 6.07) is 8.92. The Balaban J connectivity index is 2.24. The van der Waals surface area contributed by atoms with Gasteiger partial charge in [-0.25, -0.2) is 0 Å². The van der Waals surface area contributed by atoms with Crippen LogP contribution in [0.5, 0.6) is 0 Å². The van der Waals surface area contributed by atoms with Crippen molar-refractivity contribution >= 4 is 22.6 Å². The summed E-state index contributed by atoms with van der Waals surface area (Å²) in [7, 11) is 0. The minimum absolute atomic E-state index is 0.152. The molecule has 3 heteroatoms. The summed E-state index contributed by atoms with van der Waals surface area (Å²) in [4.78, 5) is 4.58. The summed E-state index contributed by atoms with van der Waals surface area (Å²) in [5.41, 5.74) is 2.67. The topological polar surface area (TPSA) is 24.4 Å².